The maximum absolute atomic E-state index is 4.70. The van der Waals surface area contributed by atoms with Gasteiger partial charge in [-0.2, -0.15) is 0 Å². The molecular weight excluding hydrogens is 234 g/mol. The Morgan fingerprint density at radius 2 is 1.95 bits per heavy atom. The van der Waals surface area contributed by atoms with E-state index in [-0.39, 0.29) is 0 Å². The van der Waals surface area contributed by atoms with Crippen molar-refractivity contribution < 1.29 is 0 Å². The van der Waals surface area contributed by atoms with Gasteiger partial charge in [0.05, 0.1) is 0 Å². The molecule has 0 amide bonds. The van der Waals surface area contributed by atoms with E-state index in [2.05, 4.69) is 43.9 Å². The second-order valence-corrected chi connectivity index (χ2v) is 5.02. The van der Waals surface area contributed by atoms with Crippen LogP contribution in [0.4, 0.5) is 11.5 Å². The smallest absolute Gasteiger partial charge is 0.152 e. The molecule has 0 aliphatic carbocycles. The van der Waals surface area contributed by atoms with Crippen molar-refractivity contribution in [3.05, 3.63) is 17.3 Å². The summed E-state index contributed by atoms with van der Waals surface area (Å²) in [4.78, 5) is 8.81. The molecule has 1 rings (SSSR count). The van der Waals surface area contributed by atoms with Crippen LogP contribution < -0.4 is 5.32 Å². The number of aromatic nitrogens is 1. The highest BCUT2D eigenvalue weighted by atomic mass is 15.0. The summed E-state index contributed by atoms with van der Waals surface area (Å²) in [5.41, 5.74) is 3.23. The fourth-order valence-corrected chi connectivity index (χ4v) is 2.12. The van der Waals surface area contributed by atoms with Crippen LogP contribution in [0.2, 0.25) is 0 Å². The second-order valence-electron chi connectivity index (χ2n) is 5.02. The van der Waals surface area contributed by atoms with Crippen molar-refractivity contribution in [1.82, 2.24) is 4.98 Å². The van der Waals surface area contributed by atoms with Crippen molar-refractivity contribution in [2.45, 2.75) is 59.3 Å². The Hall–Kier alpha value is -1.38. The first-order chi connectivity index (χ1) is 9.22. The van der Waals surface area contributed by atoms with Crippen molar-refractivity contribution in [2.75, 3.05) is 11.9 Å². The normalized spacial score (nSPS) is 10.5. The summed E-state index contributed by atoms with van der Waals surface area (Å²) in [6.45, 7) is 11.1. The average molecular weight is 261 g/mol. The standard InChI is InChI=1S/C16H27N3/c1-5-7-9-10-14-12-13(3)15(17-4)16(19-14)18-11-8-6-2/h12H,4-11H2,1-3H3,(H,18,19). The van der Waals surface area contributed by atoms with Crippen molar-refractivity contribution >= 4 is 18.2 Å². The van der Waals surface area contributed by atoms with Crippen molar-refractivity contribution in [1.29, 1.82) is 0 Å². The quantitative estimate of drug-likeness (QED) is 0.518. The Morgan fingerprint density at radius 1 is 1.21 bits per heavy atom. The summed E-state index contributed by atoms with van der Waals surface area (Å²) in [5, 5.41) is 3.39. The first kappa shape index (κ1) is 15.7. The molecule has 3 heteroatoms. The molecule has 0 saturated heterocycles. The van der Waals surface area contributed by atoms with Crippen LogP contribution in [0.1, 0.15) is 57.2 Å². The molecule has 1 aromatic heterocycles. The molecule has 19 heavy (non-hydrogen) atoms. The number of nitrogens with one attached hydrogen (secondary N) is 1. The van der Waals surface area contributed by atoms with Gasteiger partial charge in [-0.3, -0.25) is 4.99 Å². The molecule has 3 nitrogen and oxygen atoms in total. The summed E-state index contributed by atoms with van der Waals surface area (Å²) < 4.78 is 0. The molecule has 0 spiro atoms. The minimum Gasteiger partial charge on any atom is -0.368 e. The number of aliphatic imine (C=N–C) groups is 1. The zero-order valence-electron chi connectivity index (χ0n) is 12.6. The molecule has 0 fully saturated rings. The van der Waals surface area contributed by atoms with Crippen LogP contribution in [-0.2, 0) is 6.42 Å². The highest BCUT2D eigenvalue weighted by Crippen LogP contribution is 2.28. The predicted molar refractivity (Wildman–Crippen MR) is 84.8 cm³/mol. The summed E-state index contributed by atoms with van der Waals surface area (Å²) in [6.07, 6.45) is 7.09. The van der Waals surface area contributed by atoms with E-state index in [0.717, 1.165) is 42.1 Å². The van der Waals surface area contributed by atoms with Gasteiger partial charge in [0, 0.05) is 12.2 Å². The Labute approximate surface area is 117 Å². The summed E-state index contributed by atoms with van der Waals surface area (Å²) >= 11 is 0. The van der Waals surface area contributed by atoms with Crippen LogP contribution in [0.25, 0.3) is 0 Å². The molecular formula is C16H27N3. The number of nitrogens with zero attached hydrogens (tertiary/aromatic N) is 2. The van der Waals surface area contributed by atoms with E-state index in [1.165, 1.54) is 25.7 Å². The second kappa shape index (κ2) is 8.68. The molecule has 0 radical (unpaired) electrons. The number of aryl methyl sites for hydroxylation is 2. The third kappa shape index (κ3) is 5.01. The third-order valence-corrected chi connectivity index (χ3v) is 3.25. The molecule has 0 bridgehead atoms. The number of pyridine rings is 1. The van der Waals surface area contributed by atoms with E-state index in [9.17, 15) is 0 Å². The lowest BCUT2D eigenvalue weighted by Crippen LogP contribution is -2.05. The number of hydrogen-bond acceptors (Lipinski definition) is 3. The van der Waals surface area contributed by atoms with Gasteiger partial charge in [0.15, 0.2) is 5.82 Å². The van der Waals surface area contributed by atoms with Gasteiger partial charge in [-0.15, -0.1) is 0 Å². The van der Waals surface area contributed by atoms with Gasteiger partial charge < -0.3 is 5.32 Å². The molecule has 1 heterocycles. The van der Waals surface area contributed by atoms with Crippen molar-refractivity contribution in [2.24, 2.45) is 4.99 Å². The predicted octanol–water partition coefficient (Wildman–Crippen LogP) is 4.67. The fourth-order valence-electron chi connectivity index (χ4n) is 2.12. The SMILES string of the molecule is C=Nc1c(C)cc(CCCCC)nc1NCCCC. The maximum Gasteiger partial charge on any atom is 0.152 e. The number of unbranched alkanes of at least 4 members (excludes halogenated alkanes) is 3. The van der Waals surface area contributed by atoms with Gasteiger partial charge in [0.25, 0.3) is 0 Å². The molecule has 0 atom stereocenters. The van der Waals surface area contributed by atoms with Crippen molar-refractivity contribution in [3.63, 3.8) is 0 Å². The summed E-state index contributed by atoms with van der Waals surface area (Å²) in [6, 6.07) is 2.14. The van der Waals surface area contributed by atoms with Gasteiger partial charge >= 0.3 is 0 Å². The van der Waals surface area contributed by atoms with Gasteiger partial charge in [-0.1, -0.05) is 33.1 Å². The van der Waals surface area contributed by atoms with Gasteiger partial charge in [-0.05, 0) is 44.5 Å². The van der Waals surface area contributed by atoms with E-state index in [0.29, 0.717) is 0 Å². The zero-order chi connectivity index (χ0) is 14.1. The largest absolute Gasteiger partial charge is 0.368 e. The van der Waals surface area contributed by atoms with Crippen LogP contribution >= 0.6 is 0 Å². The maximum atomic E-state index is 4.70. The van der Waals surface area contributed by atoms with E-state index >= 15 is 0 Å². The lowest BCUT2D eigenvalue weighted by molar-refractivity contribution is 0.707. The lowest BCUT2D eigenvalue weighted by atomic mass is 10.1. The Kier molecular flexibility index (Phi) is 7.16. The first-order valence-corrected chi connectivity index (χ1v) is 7.44. The number of hydrogen-bond donors (Lipinski definition) is 1. The monoisotopic (exact) mass is 261 g/mol. The lowest BCUT2D eigenvalue weighted by Gasteiger charge is -2.12. The zero-order valence-corrected chi connectivity index (χ0v) is 12.6. The highest BCUT2D eigenvalue weighted by molar-refractivity contribution is 5.67. The topological polar surface area (TPSA) is 37.3 Å². The van der Waals surface area contributed by atoms with E-state index < -0.39 is 0 Å². The van der Waals surface area contributed by atoms with E-state index in [4.69, 9.17) is 4.98 Å². The molecule has 1 N–H and O–H groups in total. The Bertz CT molecular complexity index is 399. The average Bonchev–Trinajstić information content (AvgIpc) is 2.39. The van der Waals surface area contributed by atoms with Crippen LogP contribution in [0, 0.1) is 6.92 Å². The molecule has 0 aliphatic rings. The minimum atomic E-state index is 0.898. The van der Waals surface area contributed by atoms with Crippen molar-refractivity contribution in [3.8, 4) is 0 Å². The van der Waals surface area contributed by atoms with Crippen LogP contribution in [0.3, 0.4) is 0 Å². The molecule has 0 unspecified atom stereocenters. The van der Waals surface area contributed by atoms with Gasteiger partial charge in [0.2, 0.25) is 0 Å². The third-order valence-electron chi connectivity index (χ3n) is 3.25. The number of rotatable bonds is 9. The van der Waals surface area contributed by atoms with Crippen LogP contribution in [0.5, 0.6) is 0 Å². The molecule has 1 aromatic rings. The number of anilines is 1. The summed E-state index contributed by atoms with van der Waals surface area (Å²) in [7, 11) is 0. The summed E-state index contributed by atoms with van der Waals surface area (Å²) in [5.74, 6) is 0.898. The molecule has 0 saturated carbocycles. The molecule has 0 aliphatic heterocycles. The first-order valence-electron chi connectivity index (χ1n) is 7.44. The fraction of sp³-hybridized carbons (Fsp3) is 0.625. The van der Waals surface area contributed by atoms with Gasteiger partial charge in [0.1, 0.15) is 5.69 Å². The molecule has 0 aromatic carbocycles. The van der Waals surface area contributed by atoms with E-state index in [1.807, 2.05) is 0 Å². The Morgan fingerprint density at radius 3 is 2.58 bits per heavy atom. The van der Waals surface area contributed by atoms with Gasteiger partial charge in [-0.25, -0.2) is 4.98 Å². The Balaban J connectivity index is 2.81. The molecule has 106 valence electrons. The van der Waals surface area contributed by atoms with Crippen LogP contribution in [-0.4, -0.2) is 18.2 Å². The minimum absolute atomic E-state index is 0.898. The van der Waals surface area contributed by atoms with Crippen LogP contribution in [0.15, 0.2) is 11.1 Å². The highest BCUT2D eigenvalue weighted by Gasteiger charge is 2.08. The van der Waals surface area contributed by atoms with E-state index in [1.54, 1.807) is 0 Å².